The first-order valence-electron chi connectivity index (χ1n) is 10.1. The first-order chi connectivity index (χ1) is 13.8. The van der Waals surface area contributed by atoms with Gasteiger partial charge in [-0.3, -0.25) is 10.00 Å². The summed E-state index contributed by atoms with van der Waals surface area (Å²) in [6.45, 7) is 7.12. The van der Waals surface area contributed by atoms with Crippen molar-refractivity contribution in [1.29, 1.82) is 0 Å². The molecule has 7 nitrogen and oxygen atoms in total. The molecule has 2 atom stereocenters. The highest BCUT2D eigenvalue weighted by Gasteiger charge is 2.31. The third-order valence-corrected chi connectivity index (χ3v) is 5.77. The number of benzene rings is 1. The molecule has 3 heterocycles. The van der Waals surface area contributed by atoms with Gasteiger partial charge >= 0.3 is 0 Å². The van der Waals surface area contributed by atoms with Crippen molar-refractivity contribution >= 4 is 0 Å². The second-order valence-electron chi connectivity index (χ2n) is 7.47. The van der Waals surface area contributed by atoms with Crippen LogP contribution in [0.15, 0.2) is 30.5 Å². The average Bonchev–Trinajstić information content (AvgIpc) is 3.44. The largest absolute Gasteiger partial charge is 0.497 e. The predicted molar refractivity (Wildman–Crippen MR) is 107 cm³/mol. The highest BCUT2D eigenvalue weighted by Crippen LogP contribution is 2.25. The van der Waals surface area contributed by atoms with Gasteiger partial charge < -0.3 is 19.5 Å². The molecule has 2 saturated heterocycles. The maximum absolute atomic E-state index is 5.67. The molecule has 1 aromatic heterocycles. The van der Waals surface area contributed by atoms with E-state index in [9.17, 15) is 0 Å². The molecule has 4 rings (SSSR count). The summed E-state index contributed by atoms with van der Waals surface area (Å²) in [5, 5.41) is 11.1. The summed E-state index contributed by atoms with van der Waals surface area (Å²) in [5.74, 6) is 1.44. The monoisotopic (exact) mass is 386 g/mol. The fraction of sp³-hybridized carbons (Fsp3) is 0.571. The lowest BCUT2D eigenvalue weighted by Gasteiger charge is -2.37. The summed E-state index contributed by atoms with van der Waals surface area (Å²) in [5.41, 5.74) is 3.29. The molecule has 2 aromatic rings. The zero-order valence-corrected chi connectivity index (χ0v) is 16.5. The van der Waals surface area contributed by atoms with Crippen LogP contribution in [0.1, 0.15) is 12.0 Å². The summed E-state index contributed by atoms with van der Waals surface area (Å²) in [4.78, 5) is 2.56. The van der Waals surface area contributed by atoms with Crippen molar-refractivity contribution in [3.05, 3.63) is 36.0 Å². The second-order valence-corrected chi connectivity index (χ2v) is 7.47. The number of nitrogens with one attached hydrogen (secondary N) is 2. The van der Waals surface area contributed by atoms with Gasteiger partial charge in [-0.1, -0.05) is 12.1 Å². The zero-order valence-electron chi connectivity index (χ0n) is 16.5. The maximum Gasteiger partial charge on any atom is 0.119 e. The normalized spacial score (nSPS) is 21.7. The van der Waals surface area contributed by atoms with Crippen LogP contribution in [-0.2, 0) is 16.0 Å². The number of hydrogen-bond donors (Lipinski definition) is 2. The molecule has 2 N–H and O–H groups in total. The SMILES string of the molecule is COc1cccc(-c2[nH]ncc2CNC[C@@H]([C@H]2CCOC2)N2CCOCC2)c1. The molecule has 0 saturated carbocycles. The van der Waals surface area contributed by atoms with Crippen molar-refractivity contribution in [3.63, 3.8) is 0 Å². The van der Waals surface area contributed by atoms with Crippen molar-refractivity contribution in [3.8, 4) is 17.0 Å². The van der Waals surface area contributed by atoms with Gasteiger partial charge in [0.1, 0.15) is 5.75 Å². The van der Waals surface area contributed by atoms with Gasteiger partial charge in [-0.2, -0.15) is 5.10 Å². The molecule has 0 spiro atoms. The first kappa shape index (κ1) is 19.4. The minimum atomic E-state index is 0.485. The zero-order chi connectivity index (χ0) is 19.2. The van der Waals surface area contributed by atoms with E-state index in [1.807, 2.05) is 24.4 Å². The lowest BCUT2D eigenvalue weighted by molar-refractivity contribution is 0.00137. The minimum Gasteiger partial charge on any atom is -0.497 e. The summed E-state index contributed by atoms with van der Waals surface area (Å²) in [6.07, 6.45) is 3.05. The van der Waals surface area contributed by atoms with Crippen molar-refractivity contribution in [2.45, 2.75) is 19.0 Å². The molecule has 2 aliphatic rings. The number of aromatic nitrogens is 2. The standard InChI is InChI=1S/C21H30N4O3/c1-26-19-4-2-3-16(11-19)21-18(13-23-24-21)12-22-14-20(17-5-8-28-15-17)25-6-9-27-10-7-25/h2-4,11,13,17,20,22H,5-10,12,14-15H2,1H3,(H,23,24)/t17-,20-/m0/s1. The van der Waals surface area contributed by atoms with Gasteiger partial charge in [0.15, 0.2) is 0 Å². The third kappa shape index (κ3) is 4.55. The topological polar surface area (TPSA) is 71.6 Å². The van der Waals surface area contributed by atoms with Crippen LogP contribution in [0.3, 0.4) is 0 Å². The lowest BCUT2D eigenvalue weighted by atomic mass is 9.96. The van der Waals surface area contributed by atoms with Crippen molar-refractivity contribution in [1.82, 2.24) is 20.4 Å². The lowest BCUT2D eigenvalue weighted by Crippen LogP contribution is -2.51. The van der Waals surface area contributed by atoms with Crippen LogP contribution in [0, 0.1) is 5.92 Å². The summed E-state index contributed by atoms with van der Waals surface area (Å²) in [6, 6.07) is 8.54. The van der Waals surface area contributed by atoms with Crippen LogP contribution in [0.5, 0.6) is 5.75 Å². The highest BCUT2D eigenvalue weighted by atomic mass is 16.5. The van der Waals surface area contributed by atoms with Crippen LogP contribution in [0.2, 0.25) is 0 Å². The van der Waals surface area contributed by atoms with Gasteiger partial charge in [0, 0.05) is 55.9 Å². The Bertz CT molecular complexity index is 739. The van der Waals surface area contributed by atoms with Crippen LogP contribution in [-0.4, -0.2) is 74.3 Å². The molecule has 0 amide bonds. The molecule has 1 aromatic carbocycles. The van der Waals surface area contributed by atoms with Crippen molar-refractivity contribution in [2.24, 2.45) is 5.92 Å². The van der Waals surface area contributed by atoms with E-state index in [2.05, 4.69) is 26.5 Å². The van der Waals surface area contributed by atoms with E-state index in [-0.39, 0.29) is 0 Å². The summed E-state index contributed by atoms with van der Waals surface area (Å²) >= 11 is 0. The average molecular weight is 386 g/mol. The number of hydrogen-bond acceptors (Lipinski definition) is 6. The number of methoxy groups -OCH3 is 1. The molecular formula is C21H30N4O3. The van der Waals surface area contributed by atoms with E-state index < -0.39 is 0 Å². The van der Waals surface area contributed by atoms with Crippen LogP contribution in [0.25, 0.3) is 11.3 Å². The van der Waals surface area contributed by atoms with Crippen LogP contribution < -0.4 is 10.1 Å². The van der Waals surface area contributed by atoms with Gasteiger partial charge in [-0.25, -0.2) is 0 Å². The molecule has 0 bridgehead atoms. The Morgan fingerprint density at radius 2 is 2.18 bits per heavy atom. The quantitative estimate of drug-likeness (QED) is 0.722. The number of aromatic amines is 1. The van der Waals surface area contributed by atoms with Gasteiger partial charge in [-0.15, -0.1) is 0 Å². The fourth-order valence-electron chi connectivity index (χ4n) is 4.19. The number of ether oxygens (including phenoxy) is 3. The van der Waals surface area contributed by atoms with E-state index >= 15 is 0 Å². The van der Waals surface area contributed by atoms with Gasteiger partial charge in [0.25, 0.3) is 0 Å². The van der Waals surface area contributed by atoms with Gasteiger partial charge in [-0.05, 0) is 18.6 Å². The predicted octanol–water partition coefficient (Wildman–Crippen LogP) is 1.91. The molecule has 152 valence electrons. The van der Waals surface area contributed by atoms with Crippen molar-refractivity contribution < 1.29 is 14.2 Å². The van der Waals surface area contributed by atoms with Crippen LogP contribution >= 0.6 is 0 Å². The molecule has 2 fully saturated rings. The smallest absolute Gasteiger partial charge is 0.119 e. The van der Waals surface area contributed by atoms with Gasteiger partial charge in [0.05, 0.1) is 38.8 Å². The molecule has 0 radical (unpaired) electrons. The first-order valence-corrected chi connectivity index (χ1v) is 10.1. The fourth-order valence-corrected chi connectivity index (χ4v) is 4.19. The van der Waals surface area contributed by atoms with E-state index in [1.54, 1.807) is 7.11 Å². The Morgan fingerprint density at radius 1 is 1.29 bits per heavy atom. The number of H-pyrrole nitrogens is 1. The molecule has 7 heteroatoms. The Kier molecular flexibility index (Phi) is 6.59. The summed E-state index contributed by atoms with van der Waals surface area (Å²) in [7, 11) is 1.69. The third-order valence-electron chi connectivity index (χ3n) is 5.77. The Labute approximate surface area is 166 Å². The number of morpholine rings is 1. The van der Waals surface area contributed by atoms with E-state index in [1.165, 1.54) is 0 Å². The second kappa shape index (κ2) is 9.52. The van der Waals surface area contributed by atoms with E-state index in [0.29, 0.717) is 12.0 Å². The Balaban J connectivity index is 1.40. The van der Waals surface area contributed by atoms with Crippen LogP contribution in [0.4, 0.5) is 0 Å². The molecule has 28 heavy (non-hydrogen) atoms. The number of nitrogens with zero attached hydrogens (tertiary/aromatic N) is 2. The Hall–Kier alpha value is -1.93. The molecular weight excluding hydrogens is 356 g/mol. The van der Waals surface area contributed by atoms with E-state index in [0.717, 1.165) is 81.6 Å². The maximum atomic E-state index is 5.67. The summed E-state index contributed by atoms with van der Waals surface area (Å²) < 4.78 is 16.6. The van der Waals surface area contributed by atoms with Gasteiger partial charge in [0.2, 0.25) is 0 Å². The van der Waals surface area contributed by atoms with E-state index in [4.69, 9.17) is 14.2 Å². The number of rotatable bonds is 8. The minimum absolute atomic E-state index is 0.485. The highest BCUT2D eigenvalue weighted by molar-refractivity contribution is 5.64. The molecule has 0 unspecified atom stereocenters. The molecule has 0 aliphatic carbocycles. The Morgan fingerprint density at radius 3 is 2.96 bits per heavy atom. The molecule has 2 aliphatic heterocycles. The van der Waals surface area contributed by atoms with Crippen molar-refractivity contribution in [2.75, 3.05) is 53.2 Å².